The molecule has 7 nitrogen and oxygen atoms in total. The number of amides is 2. The molecule has 0 spiro atoms. The van der Waals surface area contributed by atoms with Gasteiger partial charge in [-0.05, 0) is 60.8 Å². The fraction of sp³-hybridized carbons (Fsp3) is 0.400. The van der Waals surface area contributed by atoms with Crippen LogP contribution in [-0.4, -0.2) is 33.0 Å². The molecule has 0 aliphatic heterocycles. The molecule has 29 heavy (non-hydrogen) atoms. The van der Waals surface area contributed by atoms with Crippen molar-refractivity contribution in [2.75, 3.05) is 23.8 Å². The van der Waals surface area contributed by atoms with E-state index in [2.05, 4.69) is 21.1 Å². The second kappa shape index (κ2) is 8.16. The van der Waals surface area contributed by atoms with E-state index in [-0.39, 0.29) is 0 Å². The molecule has 2 aliphatic carbocycles. The third kappa shape index (κ3) is 4.45. The van der Waals surface area contributed by atoms with E-state index in [9.17, 15) is 13.2 Å². The van der Waals surface area contributed by atoms with Crippen LogP contribution in [0.2, 0.25) is 0 Å². The van der Waals surface area contributed by atoms with Crippen LogP contribution >= 0.6 is 11.3 Å². The minimum absolute atomic E-state index is 0.371. The van der Waals surface area contributed by atoms with Crippen LogP contribution in [0.25, 0.3) is 0 Å². The van der Waals surface area contributed by atoms with Gasteiger partial charge in [-0.25, -0.2) is 22.9 Å². The molecular formula is C20H24N4O3S2. The van der Waals surface area contributed by atoms with Crippen molar-refractivity contribution in [2.45, 2.75) is 38.5 Å². The van der Waals surface area contributed by atoms with Gasteiger partial charge in [0.05, 0.1) is 0 Å². The second-order valence-corrected chi connectivity index (χ2v) is 9.84. The maximum Gasteiger partial charge on any atom is 0.333 e. The first-order chi connectivity index (χ1) is 13.9. The number of likely N-dealkylation sites (N-methyl/N-ethyl adjacent to an activating group) is 1. The second-order valence-electron chi connectivity index (χ2n) is 7.40. The molecule has 1 aromatic heterocycles. The lowest BCUT2D eigenvalue weighted by Crippen LogP contribution is -2.33. The number of fused-ring (bicyclic) bond motifs is 2. The van der Waals surface area contributed by atoms with Gasteiger partial charge >= 0.3 is 6.03 Å². The molecule has 1 heterocycles. The molecule has 2 aliphatic rings. The number of anilines is 2. The standard InChI is InChI=1S/C20H24N4O3S2/c1-24(20-21-9-11-28-20)10-4-12-29(26,27)23-19(25)22-18-16-7-2-5-14(16)13-15-6-3-8-17(15)18/h4,9,11-13H,2-3,5-8,10H2,1H3,(H2,22,23,25)/b12-4+. The summed E-state index contributed by atoms with van der Waals surface area (Å²) < 4.78 is 26.7. The van der Waals surface area contributed by atoms with Crippen LogP contribution in [0, 0.1) is 0 Å². The zero-order chi connectivity index (χ0) is 20.4. The summed E-state index contributed by atoms with van der Waals surface area (Å²) >= 11 is 1.47. The first-order valence-electron chi connectivity index (χ1n) is 9.70. The maximum atomic E-state index is 12.5. The predicted molar refractivity (Wildman–Crippen MR) is 116 cm³/mol. The molecule has 0 unspecified atom stereocenters. The van der Waals surface area contributed by atoms with Crippen LogP contribution in [0.1, 0.15) is 35.1 Å². The number of sulfonamides is 1. The van der Waals surface area contributed by atoms with E-state index < -0.39 is 16.1 Å². The highest BCUT2D eigenvalue weighted by atomic mass is 32.2. The van der Waals surface area contributed by atoms with E-state index in [1.54, 1.807) is 6.20 Å². The van der Waals surface area contributed by atoms with Crippen LogP contribution in [0.5, 0.6) is 0 Å². The molecule has 0 radical (unpaired) electrons. The quantitative estimate of drug-likeness (QED) is 0.731. The number of rotatable bonds is 6. The van der Waals surface area contributed by atoms with Gasteiger partial charge in [0.1, 0.15) is 0 Å². The molecule has 4 rings (SSSR count). The van der Waals surface area contributed by atoms with E-state index in [1.807, 2.05) is 17.3 Å². The molecule has 2 aromatic rings. The van der Waals surface area contributed by atoms with E-state index in [4.69, 9.17) is 0 Å². The fourth-order valence-corrected chi connectivity index (χ4v) is 5.42. The molecule has 0 bridgehead atoms. The average Bonchev–Trinajstić information content (AvgIpc) is 3.41. The topological polar surface area (TPSA) is 91.4 Å². The monoisotopic (exact) mass is 432 g/mol. The highest BCUT2D eigenvalue weighted by Gasteiger charge is 2.25. The van der Waals surface area contributed by atoms with Gasteiger partial charge in [-0.3, -0.25) is 0 Å². The zero-order valence-electron chi connectivity index (χ0n) is 16.3. The zero-order valence-corrected chi connectivity index (χ0v) is 17.9. The van der Waals surface area contributed by atoms with Gasteiger partial charge in [0.2, 0.25) is 0 Å². The van der Waals surface area contributed by atoms with Crippen LogP contribution < -0.4 is 14.9 Å². The normalized spacial score (nSPS) is 15.3. The van der Waals surface area contributed by atoms with E-state index in [0.29, 0.717) is 6.54 Å². The van der Waals surface area contributed by atoms with E-state index in [0.717, 1.165) is 54.8 Å². The first kappa shape index (κ1) is 19.9. The number of nitrogens with zero attached hydrogens (tertiary/aromatic N) is 2. The Morgan fingerprint density at radius 3 is 2.52 bits per heavy atom. The molecule has 0 atom stereocenters. The maximum absolute atomic E-state index is 12.5. The Kier molecular flexibility index (Phi) is 5.60. The molecule has 9 heteroatoms. The number of carbonyl (C=O) groups is 1. The molecule has 0 fully saturated rings. The fourth-order valence-electron chi connectivity index (χ4n) is 4.08. The van der Waals surface area contributed by atoms with E-state index in [1.165, 1.54) is 39.7 Å². The Balaban J connectivity index is 1.42. The van der Waals surface area contributed by atoms with Gasteiger partial charge < -0.3 is 10.2 Å². The van der Waals surface area contributed by atoms with Gasteiger partial charge in [0.25, 0.3) is 10.0 Å². The number of benzene rings is 1. The van der Waals surface area contributed by atoms with Crippen molar-refractivity contribution < 1.29 is 13.2 Å². The summed E-state index contributed by atoms with van der Waals surface area (Å²) in [6, 6.07) is 1.56. The average molecular weight is 433 g/mol. The molecule has 0 saturated heterocycles. The SMILES string of the molecule is CN(C/C=C/S(=O)(=O)NC(=O)Nc1c2c(cc3c1CCC3)CCC2)c1nccs1. The number of urea groups is 1. The Labute approximate surface area is 174 Å². The summed E-state index contributed by atoms with van der Waals surface area (Å²) in [6.07, 6.45) is 9.22. The van der Waals surface area contributed by atoms with Crippen molar-refractivity contribution in [2.24, 2.45) is 0 Å². The number of thiazole rings is 1. The molecule has 0 saturated carbocycles. The third-order valence-corrected chi connectivity index (χ3v) is 7.25. The summed E-state index contributed by atoms with van der Waals surface area (Å²) in [5, 5.41) is 6.52. The van der Waals surface area contributed by atoms with Gasteiger partial charge in [0, 0.05) is 36.3 Å². The highest BCUT2D eigenvalue weighted by Crippen LogP contribution is 2.38. The lowest BCUT2D eigenvalue weighted by molar-refractivity contribution is 0.256. The number of nitrogens with one attached hydrogen (secondary N) is 2. The molecule has 2 amide bonds. The van der Waals surface area contributed by atoms with Gasteiger partial charge in [-0.2, -0.15) is 0 Å². The van der Waals surface area contributed by atoms with Crippen molar-refractivity contribution >= 4 is 38.2 Å². The Bertz CT molecular complexity index is 1010. The number of hydrogen-bond acceptors (Lipinski definition) is 6. The van der Waals surface area contributed by atoms with Gasteiger partial charge in [0.15, 0.2) is 5.13 Å². The molecule has 2 N–H and O–H groups in total. The Morgan fingerprint density at radius 1 is 1.21 bits per heavy atom. The van der Waals surface area contributed by atoms with Crippen molar-refractivity contribution in [3.8, 4) is 0 Å². The number of hydrogen-bond donors (Lipinski definition) is 2. The highest BCUT2D eigenvalue weighted by molar-refractivity contribution is 7.92. The minimum atomic E-state index is -3.88. The summed E-state index contributed by atoms with van der Waals surface area (Å²) in [5.41, 5.74) is 5.73. The van der Waals surface area contributed by atoms with Gasteiger partial charge in [-0.15, -0.1) is 11.3 Å². The predicted octanol–water partition coefficient (Wildman–Crippen LogP) is 3.22. The number of carbonyl (C=O) groups excluding carboxylic acids is 1. The minimum Gasteiger partial charge on any atom is -0.347 e. The Hall–Kier alpha value is -2.39. The summed E-state index contributed by atoms with van der Waals surface area (Å²) in [6.45, 7) is 0.371. The van der Waals surface area contributed by atoms with Crippen molar-refractivity contribution in [1.29, 1.82) is 0 Å². The van der Waals surface area contributed by atoms with Crippen molar-refractivity contribution in [3.63, 3.8) is 0 Å². The molecule has 154 valence electrons. The van der Waals surface area contributed by atoms with Crippen molar-refractivity contribution in [3.05, 3.63) is 51.4 Å². The van der Waals surface area contributed by atoms with Crippen LogP contribution in [0.15, 0.2) is 29.1 Å². The largest absolute Gasteiger partial charge is 0.347 e. The Morgan fingerprint density at radius 2 is 1.90 bits per heavy atom. The number of aromatic nitrogens is 1. The summed E-state index contributed by atoms with van der Waals surface area (Å²) in [5.74, 6) is 0. The molecular weight excluding hydrogens is 408 g/mol. The summed E-state index contributed by atoms with van der Waals surface area (Å²) in [4.78, 5) is 18.4. The first-order valence-corrected chi connectivity index (χ1v) is 12.1. The van der Waals surface area contributed by atoms with E-state index >= 15 is 0 Å². The van der Waals surface area contributed by atoms with Crippen LogP contribution in [-0.2, 0) is 35.7 Å². The lowest BCUT2D eigenvalue weighted by atomic mass is 9.99. The van der Waals surface area contributed by atoms with Crippen LogP contribution in [0.3, 0.4) is 0 Å². The smallest absolute Gasteiger partial charge is 0.333 e. The number of aryl methyl sites for hydroxylation is 2. The van der Waals surface area contributed by atoms with Gasteiger partial charge in [-0.1, -0.05) is 12.1 Å². The summed E-state index contributed by atoms with van der Waals surface area (Å²) in [7, 11) is -2.05. The third-order valence-electron chi connectivity index (χ3n) is 5.35. The van der Waals surface area contributed by atoms with Crippen molar-refractivity contribution in [1.82, 2.24) is 9.71 Å². The van der Waals surface area contributed by atoms with Crippen LogP contribution in [0.4, 0.5) is 15.6 Å². The lowest BCUT2D eigenvalue weighted by Gasteiger charge is -2.16. The molecule has 1 aromatic carbocycles.